The molecule has 5 nitrogen and oxygen atoms in total. The third-order valence-electron chi connectivity index (χ3n) is 3.98. The molecule has 7 heteroatoms. The molecule has 0 saturated heterocycles. The van der Waals surface area contributed by atoms with E-state index in [0.29, 0.717) is 31.6 Å². The molecule has 0 atom stereocenters. The van der Waals surface area contributed by atoms with Crippen molar-refractivity contribution in [2.24, 2.45) is 5.73 Å². The summed E-state index contributed by atoms with van der Waals surface area (Å²) >= 11 is 0. The second-order valence-electron chi connectivity index (χ2n) is 5.78. The zero-order valence-corrected chi connectivity index (χ0v) is 16.4. The van der Waals surface area contributed by atoms with Gasteiger partial charge >= 0.3 is 0 Å². The molecule has 0 aromatic heterocycles. The summed E-state index contributed by atoms with van der Waals surface area (Å²) < 4.78 is 23.8. The van der Waals surface area contributed by atoms with Crippen molar-refractivity contribution < 1.29 is 13.2 Å². The highest BCUT2D eigenvalue weighted by Crippen LogP contribution is 2.15. The lowest BCUT2D eigenvalue weighted by atomic mass is 10.1. The molecule has 2 aromatic carbocycles. The molecule has 0 radical (unpaired) electrons. The first kappa shape index (κ1) is 22.2. The van der Waals surface area contributed by atoms with E-state index in [4.69, 9.17) is 5.73 Å². The fourth-order valence-electron chi connectivity index (χ4n) is 2.49. The number of hydrogen-bond acceptors (Lipinski definition) is 4. The Bertz CT molecular complexity index is 793. The molecule has 1 amide bonds. The standard InChI is InChI=1S/C19H24N2O3S.ClH/c1-2-25(23,24)18-11-9-17(10-12-18)19(22)21(14-6-13-20)15-16-7-4-3-5-8-16;/h3-5,7-12H,2,6,13-15,20H2,1H3;1H. The molecule has 2 N–H and O–H groups in total. The Balaban J connectivity index is 0.00000338. The molecule has 142 valence electrons. The number of hydrogen-bond donors (Lipinski definition) is 1. The van der Waals surface area contributed by atoms with Crippen molar-refractivity contribution in [2.75, 3.05) is 18.8 Å². The van der Waals surface area contributed by atoms with Crippen LogP contribution in [0.1, 0.15) is 29.3 Å². The van der Waals surface area contributed by atoms with Crippen molar-refractivity contribution in [1.29, 1.82) is 0 Å². The van der Waals surface area contributed by atoms with Gasteiger partial charge in [0.2, 0.25) is 0 Å². The van der Waals surface area contributed by atoms with Crippen molar-refractivity contribution in [1.82, 2.24) is 4.90 Å². The SMILES string of the molecule is CCS(=O)(=O)c1ccc(C(=O)N(CCCN)Cc2ccccc2)cc1.Cl. The summed E-state index contributed by atoms with van der Waals surface area (Å²) in [7, 11) is -3.27. The summed E-state index contributed by atoms with van der Waals surface area (Å²) in [6, 6.07) is 15.9. The molecular weight excluding hydrogens is 372 g/mol. The van der Waals surface area contributed by atoms with Crippen LogP contribution in [0.3, 0.4) is 0 Å². The Morgan fingerprint density at radius 3 is 2.19 bits per heavy atom. The molecule has 2 rings (SSSR count). The molecule has 0 saturated carbocycles. The number of benzene rings is 2. The number of carbonyl (C=O) groups is 1. The van der Waals surface area contributed by atoms with Gasteiger partial charge in [0, 0.05) is 18.7 Å². The average Bonchev–Trinajstić information content (AvgIpc) is 2.65. The van der Waals surface area contributed by atoms with E-state index in [1.54, 1.807) is 24.0 Å². The van der Waals surface area contributed by atoms with Gasteiger partial charge < -0.3 is 10.6 Å². The molecule has 0 fully saturated rings. The maximum Gasteiger partial charge on any atom is 0.254 e. The lowest BCUT2D eigenvalue weighted by molar-refractivity contribution is 0.0742. The van der Waals surface area contributed by atoms with Crippen molar-refractivity contribution in [2.45, 2.75) is 24.8 Å². The van der Waals surface area contributed by atoms with Gasteiger partial charge in [0.05, 0.1) is 10.6 Å². The smallest absolute Gasteiger partial charge is 0.254 e. The predicted octanol–water partition coefficient (Wildman–Crippen LogP) is 2.89. The maximum atomic E-state index is 12.8. The summed E-state index contributed by atoms with van der Waals surface area (Å²) in [4.78, 5) is 14.8. The molecule has 0 heterocycles. The Kier molecular flexibility index (Phi) is 8.78. The summed E-state index contributed by atoms with van der Waals surface area (Å²) in [5, 5.41) is 0. The first-order valence-electron chi connectivity index (χ1n) is 8.34. The van der Waals surface area contributed by atoms with E-state index in [-0.39, 0.29) is 29.0 Å². The lowest BCUT2D eigenvalue weighted by Crippen LogP contribution is -2.32. The lowest BCUT2D eigenvalue weighted by Gasteiger charge is -2.23. The largest absolute Gasteiger partial charge is 0.334 e. The Morgan fingerprint density at radius 1 is 1.04 bits per heavy atom. The van der Waals surface area contributed by atoms with Gasteiger partial charge in [-0.25, -0.2) is 8.42 Å². The van der Waals surface area contributed by atoms with Crippen molar-refractivity contribution in [3.63, 3.8) is 0 Å². The van der Waals surface area contributed by atoms with Crippen LogP contribution in [-0.2, 0) is 16.4 Å². The van der Waals surface area contributed by atoms with Crippen LogP contribution >= 0.6 is 12.4 Å². The molecule has 26 heavy (non-hydrogen) atoms. The number of nitrogens with two attached hydrogens (primary N) is 1. The van der Waals surface area contributed by atoms with Crippen LogP contribution in [0.4, 0.5) is 0 Å². The fourth-order valence-corrected chi connectivity index (χ4v) is 3.38. The zero-order chi connectivity index (χ0) is 18.3. The molecule has 0 bridgehead atoms. The van der Waals surface area contributed by atoms with Crippen LogP contribution in [0, 0.1) is 0 Å². The van der Waals surface area contributed by atoms with Gasteiger partial charge in [-0.15, -0.1) is 12.4 Å². The Labute approximate surface area is 161 Å². The minimum atomic E-state index is -3.27. The van der Waals surface area contributed by atoms with Crippen LogP contribution in [0.5, 0.6) is 0 Å². The van der Waals surface area contributed by atoms with E-state index in [9.17, 15) is 13.2 Å². The van der Waals surface area contributed by atoms with Gasteiger partial charge in [-0.1, -0.05) is 37.3 Å². The van der Waals surface area contributed by atoms with E-state index in [2.05, 4.69) is 0 Å². The number of sulfone groups is 1. The summed E-state index contributed by atoms with van der Waals surface area (Å²) in [6.45, 7) is 3.16. The first-order chi connectivity index (χ1) is 12.0. The van der Waals surface area contributed by atoms with Crippen LogP contribution in [0.15, 0.2) is 59.5 Å². The van der Waals surface area contributed by atoms with E-state index >= 15 is 0 Å². The minimum absolute atomic E-state index is 0. The molecule has 0 unspecified atom stereocenters. The van der Waals surface area contributed by atoms with Gasteiger partial charge in [0.25, 0.3) is 5.91 Å². The number of halogens is 1. The Morgan fingerprint density at radius 2 is 1.65 bits per heavy atom. The van der Waals surface area contributed by atoms with Crippen molar-refractivity contribution in [3.8, 4) is 0 Å². The third kappa shape index (κ3) is 5.83. The number of carbonyl (C=O) groups excluding carboxylic acids is 1. The predicted molar refractivity (Wildman–Crippen MR) is 106 cm³/mol. The minimum Gasteiger partial charge on any atom is -0.334 e. The van der Waals surface area contributed by atoms with Crippen molar-refractivity contribution >= 4 is 28.2 Å². The molecular formula is C19H25ClN2O3S. The van der Waals surface area contributed by atoms with Gasteiger partial charge in [-0.3, -0.25) is 4.79 Å². The highest BCUT2D eigenvalue weighted by molar-refractivity contribution is 7.91. The zero-order valence-electron chi connectivity index (χ0n) is 14.8. The fraction of sp³-hybridized carbons (Fsp3) is 0.316. The molecule has 2 aromatic rings. The van der Waals surface area contributed by atoms with Gasteiger partial charge in [-0.05, 0) is 42.8 Å². The van der Waals surface area contributed by atoms with Crippen LogP contribution in [0.25, 0.3) is 0 Å². The molecule has 0 aliphatic rings. The second-order valence-corrected chi connectivity index (χ2v) is 8.06. The van der Waals surface area contributed by atoms with E-state index in [1.807, 2.05) is 30.3 Å². The summed E-state index contributed by atoms with van der Waals surface area (Å²) in [6.07, 6.45) is 0.709. The normalized spacial score (nSPS) is 10.8. The van der Waals surface area contributed by atoms with Crippen LogP contribution < -0.4 is 5.73 Å². The maximum absolute atomic E-state index is 12.8. The quantitative estimate of drug-likeness (QED) is 0.743. The van der Waals surface area contributed by atoms with Gasteiger partial charge in [-0.2, -0.15) is 0 Å². The molecule has 0 aliphatic heterocycles. The highest BCUT2D eigenvalue weighted by Gasteiger charge is 2.17. The topological polar surface area (TPSA) is 80.5 Å². The number of rotatable bonds is 8. The summed E-state index contributed by atoms with van der Waals surface area (Å²) in [5.74, 6) is -0.0885. The number of amides is 1. The van der Waals surface area contributed by atoms with Gasteiger partial charge in [0.1, 0.15) is 0 Å². The van der Waals surface area contributed by atoms with Crippen LogP contribution in [-0.4, -0.2) is 38.1 Å². The second kappa shape index (κ2) is 10.3. The molecule has 0 spiro atoms. The monoisotopic (exact) mass is 396 g/mol. The Hall–Kier alpha value is -1.89. The third-order valence-corrected chi connectivity index (χ3v) is 5.73. The first-order valence-corrected chi connectivity index (χ1v) is 9.99. The van der Waals surface area contributed by atoms with E-state index in [1.165, 1.54) is 12.1 Å². The van der Waals surface area contributed by atoms with Gasteiger partial charge in [0.15, 0.2) is 9.84 Å². The average molecular weight is 397 g/mol. The van der Waals surface area contributed by atoms with E-state index < -0.39 is 9.84 Å². The van der Waals surface area contributed by atoms with E-state index in [0.717, 1.165) is 5.56 Å². The number of nitrogens with zero attached hydrogens (tertiary/aromatic N) is 1. The molecule has 0 aliphatic carbocycles. The van der Waals surface area contributed by atoms with Crippen molar-refractivity contribution in [3.05, 3.63) is 65.7 Å². The van der Waals surface area contributed by atoms with Crippen LogP contribution in [0.2, 0.25) is 0 Å². The highest BCUT2D eigenvalue weighted by atomic mass is 35.5. The summed E-state index contributed by atoms with van der Waals surface area (Å²) in [5.41, 5.74) is 7.10.